The molecule has 0 bridgehead atoms. The first-order valence-corrected chi connectivity index (χ1v) is 11.2. The van der Waals surface area contributed by atoms with Crippen molar-refractivity contribution in [3.8, 4) is 5.75 Å². The quantitative estimate of drug-likeness (QED) is 0.296. The average Bonchev–Trinajstić information content (AvgIpc) is 3.47. The van der Waals surface area contributed by atoms with Gasteiger partial charge in [0.05, 0.1) is 24.3 Å². The van der Waals surface area contributed by atoms with Crippen LogP contribution in [0.3, 0.4) is 0 Å². The molecule has 0 amide bonds. The van der Waals surface area contributed by atoms with Crippen LogP contribution < -0.4 is 4.74 Å². The Labute approximate surface area is 207 Å². The number of allylic oxidation sites excluding steroid dienone is 1. The summed E-state index contributed by atoms with van der Waals surface area (Å²) in [6.07, 6.45) is 0.0152. The van der Waals surface area contributed by atoms with Gasteiger partial charge in [-0.2, -0.15) is 0 Å². The summed E-state index contributed by atoms with van der Waals surface area (Å²) >= 11 is 0. The summed E-state index contributed by atoms with van der Waals surface area (Å²) in [5.41, 5.74) is 1.35. The maximum atomic E-state index is 12.6. The molecule has 0 aromatic heterocycles. The van der Waals surface area contributed by atoms with E-state index in [0.717, 1.165) is 11.6 Å². The Morgan fingerprint density at radius 2 is 1.28 bits per heavy atom. The molecule has 2 aromatic carbocycles. The Bertz CT molecular complexity index is 1070. The fourth-order valence-corrected chi connectivity index (χ4v) is 3.89. The molecule has 36 heavy (non-hydrogen) atoms. The number of rotatable bonds is 9. The van der Waals surface area contributed by atoms with E-state index in [1.165, 1.54) is 30.3 Å². The number of carbonyl (C=O) groups excluding carboxylic acids is 4. The largest absolute Gasteiger partial charge is 0.453 e. The molecule has 0 radical (unpaired) electrons. The van der Waals surface area contributed by atoms with Crippen LogP contribution in [0.15, 0.2) is 73.8 Å². The number of ether oxygens (including phenoxy) is 5. The minimum Gasteiger partial charge on any atom is -0.453 e. The molecular weight excluding hydrogens is 468 g/mol. The number of benzene rings is 2. The summed E-state index contributed by atoms with van der Waals surface area (Å²) in [5.74, 6) is -1.59. The first kappa shape index (κ1) is 25.0. The van der Waals surface area contributed by atoms with Crippen molar-refractivity contribution in [2.75, 3.05) is 13.2 Å². The number of hydrogen-bond acceptors (Lipinski definition) is 9. The summed E-state index contributed by atoms with van der Waals surface area (Å²) in [7, 11) is 0. The van der Waals surface area contributed by atoms with Crippen molar-refractivity contribution in [2.45, 2.75) is 30.8 Å². The van der Waals surface area contributed by atoms with Crippen LogP contribution in [-0.4, -0.2) is 61.3 Å². The van der Waals surface area contributed by atoms with E-state index in [9.17, 15) is 19.2 Å². The molecule has 2 aliphatic heterocycles. The normalized spacial score (nSPS) is 22.2. The van der Waals surface area contributed by atoms with Gasteiger partial charge in [-0.3, -0.25) is 4.79 Å². The number of esters is 3. The van der Waals surface area contributed by atoms with Crippen molar-refractivity contribution in [1.29, 1.82) is 0 Å². The minimum absolute atomic E-state index is 0.0934. The molecule has 0 aliphatic carbocycles. The van der Waals surface area contributed by atoms with Crippen LogP contribution in [0.25, 0.3) is 0 Å². The monoisotopic (exact) mass is 492 g/mol. The summed E-state index contributed by atoms with van der Waals surface area (Å²) in [4.78, 5) is 47.9. The molecule has 2 saturated heterocycles. The van der Waals surface area contributed by atoms with E-state index >= 15 is 0 Å². The lowest BCUT2D eigenvalue weighted by molar-refractivity contribution is -0.129. The maximum Gasteiger partial charge on any atom is 0.338 e. The molecule has 4 rings (SSSR count). The van der Waals surface area contributed by atoms with E-state index in [0.29, 0.717) is 5.56 Å². The van der Waals surface area contributed by atoms with Crippen LogP contribution in [0.4, 0.5) is 0 Å². The van der Waals surface area contributed by atoms with Crippen molar-refractivity contribution >= 4 is 23.7 Å². The molecule has 9 heteroatoms. The van der Waals surface area contributed by atoms with Crippen molar-refractivity contribution in [2.24, 2.45) is 0 Å². The van der Waals surface area contributed by atoms with Gasteiger partial charge < -0.3 is 23.7 Å². The second-order valence-corrected chi connectivity index (χ2v) is 8.18. The van der Waals surface area contributed by atoms with Crippen LogP contribution >= 0.6 is 0 Å². The topological polar surface area (TPSA) is 114 Å². The smallest absolute Gasteiger partial charge is 0.338 e. The second-order valence-electron chi connectivity index (χ2n) is 8.18. The molecule has 0 N–H and O–H groups in total. The van der Waals surface area contributed by atoms with Crippen molar-refractivity contribution in [3.63, 3.8) is 0 Å². The highest BCUT2D eigenvalue weighted by Gasteiger charge is 2.51. The first-order chi connectivity index (χ1) is 17.4. The number of hydrogen-bond donors (Lipinski definition) is 0. The average molecular weight is 492 g/mol. The molecule has 2 aliphatic rings. The fourth-order valence-electron chi connectivity index (χ4n) is 3.89. The van der Waals surface area contributed by atoms with E-state index in [2.05, 4.69) is 13.2 Å². The summed E-state index contributed by atoms with van der Waals surface area (Å²) in [6, 6.07) is 12.4. The molecule has 4 atom stereocenters. The Balaban J connectivity index is 1.30. The Morgan fingerprint density at radius 1 is 0.778 bits per heavy atom. The van der Waals surface area contributed by atoms with E-state index in [1.807, 2.05) is 0 Å². The van der Waals surface area contributed by atoms with Gasteiger partial charge in [-0.25, -0.2) is 14.4 Å². The third-order valence-electron chi connectivity index (χ3n) is 5.75. The van der Waals surface area contributed by atoms with Crippen LogP contribution in [-0.2, 0) is 35.0 Å². The van der Waals surface area contributed by atoms with Gasteiger partial charge in [0.25, 0.3) is 0 Å². The number of fused-ring (bicyclic) bond motifs is 1. The SMILES string of the molecule is C=CC(=O)Cc1ccc(C(=O)O[C@H]2CO[C@H]3[C@@H]2OC[C@H]3OC(=O)c2ccc(OC(=O)C=C)cc2)cc1. The van der Waals surface area contributed by atoms with Crippen LogP contribution in [0, 0.1) is 0 Å². The van der Waals surface area contributed by atoms with E-state index in [-0.39, 0.29) is 36.7 Å². The molecule has 2 fully saturated rings. The third-order valence-corrected chi connectivity index (χ3v) is 5.75. The lowest BCUT2D eigenvalue weighted by Crippen LogP contribution is -2.36. The lowest BCUT2D eigenvalue weighted by Gasteiger charge is -2.17. The predicted molar refractivity (Wildman–Crippen MR) is 126 cm³/mol. The number of ketones is 1. The van der Waals surface area contributed by atoms with Crippen molar-refractivity contribution < 1.29 is 42.9 Å². The molecule has 2 aromatic rings. The minimum atomic E-state index is -0.675. The Kier molecular flexibility index (Phi) is 7.72. The van der Waals surface area contributed by atoms with Gasteiger partial charge in [-0.15, -0.1) is 0 Å². The highest BCUT2D eigenvalue weighted by Crippen LogP contribution is 2.31. The van der Waals surface area contributed by atoms with Gasteiger partial charge in [0, 0.05) is 12.5 Å². The molecular formula is C27H24O9. The van der Waals surface area contributed by atoms with Crippen LogP contribution in [0.5, 0.6) is 5.75 Å². The summed E-state index contributed by atoms with van der Waals surface area (Å²) < 4.78 is 27.6. The third kappa shape index (κ3) is 5.76. The zero-order chi connectivity index (χ0) is 25.7. The summed E-state index contributed by atoms with van der Waals surface area (Å²) in [6.45, 7) is 6.96. The van der Waals surface area contributed by atoms with E-state index in [4.69, 9.17) is 23.7 Å². The Morgan fingerprint density at radius 3 is 1.75 bits per heavy atom. The van der Waals surface area contributed by atoms with Gasteiger partial charge in [0.15, 0.2) is 18.0 Å². The zero-order valence-corrected chi connectivity index (χ0v) is 19.3. The standard InChI is InChI=1S/C27H24O9/c1-3-19(28)13-16-5-7-17(8-6-16)26(30)35-21-14-32-25-22(15-33-24(21)25)36-27(31)18-9-11-20(12-10-18)34-23(29)4-2/h3-12,21-22,24-25H,1-2,13-15H2/t21-,22+,24+,25+/m0/s1. The van der Waals surface area contributed by atoms with Crippen LogP contribution in [0.2, 0.25) is 0 Å². The van der Waals surface area contributed by atoms with Gasteiger partial charge in [-0.1, -0.05) is 25.3 Å². The fraction of sp³-hybridized carbons (Fsp3) is 0.259. The number of carbonyl (C=O) groups is 4. The lowest BCUT2D eigenvalue weighted by atomic mass is 10.1. The Hall–Kier alpha value is -4.08. The van der Waals surface area contributed by atoms with Gasteiger partial charge >= 0.3 is 17.9 Å². The zero-order valence-electron chi connectivity index (χ0n) is 19.3. The molecule has 186 valence electrons. The van der Waals surface area contributed by atoms with Gasteiger partial charge in [-0.05, 0) is 48.0 Å². The second kappa shape index (κ2) is 11.1. The molecule has 0 spiro atoms. The van der Waals surface area contributed by atoms with Crippen molar-refractivity contribution in [1.82, 2.24) is 0 Å². The van der Waals surface area contributed by atoms with Crippen molar-refractivity contribution in [3.05, 3.63) is 90.5 Å². The summed E-state index contributed by atoms with van der Waals surface area (Å²) in [5, 5.41) is 0. The van der Waals surface area contributed by atoms with Crippen LogP contribution in [0.1, 0.15) is 26.3 Å². The van der Waals surface area contributed by atoms with Gasteiger partial charge in [0.1, 0.15) is 18.0 Å². The molecule has 2 heterocycles. The highest BCUT2D eigenvalue weighted by atomic mass is 16.7. The van der Waals surface area contributed by atoms with E-state index in [1.54, 1.807) is 24.3 Å². The highest BCUT2D eigenvalue weighted by molar-refractivity contribution is 5.92. The van der Waals surface area contributed by atoms with E-state index < -0.39 is 42.3 Å². The maximum absolute atomic E-state index is 12.6. The van der Waals surface area contributed by atoms with Gasteiger partial charge in [0.2, 0.25) is 0 Å². The predicted octanol–water partition coefficient (Wildman–Crippen LogP) is 2.62. The molecule has 0 saturated carbocycles. The molecule has 9 nitrogen and oxygen atoms in total. The first-order valence-electron chi connectivity index (χ1n) is 11.2. The molecule has 0 unspecified atom stereocenters.